The van der Waals surface area contributed by atoms with Gasteiger partial charge in [0.1, 0.15) is 11.6 Å². The molecule has 1 N–H and O–H groups in total. The first-order valence-electron chi connectivity index (χ1n) is 6.32. The van der Waals surface area contributed by atoms with Crippen molar-refractivity contribution in [2.24, 2.45) is 0 Å². The number of hydrogen-bond donors (Lipinski definition) is 1. The van der Waals surface area contributed by atoms with Crippen molar-refractivity contribution in [2.75, 3.05) is 12.4 Å². The van der Waals surface area contributed by atoms with E-state index in [1.807, 2.05) is 12.1 Å². The van der Waals surface area contributed by atoms with Gasteiger partial charge in [0.05, 0.1) is 18.7 Å². The molecule has 0 unspecified atom stereocenters. The lowest BCUT2D eigenvalue weighted by atomic mass is 10.1. The van der Waals surface area contributed by atoms with Crippen molar-refractivity contribution in [3.63, 3.8) is 0 Å². The van der Waals surface area contributed by atoms with Crippen LogP contribution in [0.4, 0.5) is 10.1 Å². The summed E-state index contributed by atoms with van der Waals surface area (Å²) in [5.74, 6) is 0.243. The monoisotopic (exact) mass is 304 g/mol. The van der Waals surface area contributed by atoms with Crippen molar-refractivity contribution in [2.45, 2.75) is 13.5 Å². The first-order chi connectivity index (χ1) is 10.1. The number of nitrogens with zero attached hydrogens (tertiary/aromatic N) is 1. The summed E-state index contributed by atoms with van der Waals surface area (Å²) in [4.78, 5) is 0. The third-order valence-corrected chi connectivity index (χ3v) is 3.58. The molecule has 2 aromatic rings. The highest BCUT2D eigenvalue weighted by Crippen LogP contribution is 2.28. The average molecular weight is 305 g/mol. The molecule has 0 saturated heterocycles. The highest BCUT2D eigenvalue weighted by Gasteiger charge is 2.10. The lowest BCUT2D eigenvalue weighted by Crippen LogP contribution is -2.05. The summed E-state index contributed by atoms with van der Waals surface area (Å²) in [7, 11) is 1.57. The smallest absolute Gasteiger partial charge is 0.129 e. The van der Waals surface area contributed by atoms with E-state index in [0.717, 1.165) is 5.56 Å². The minimum Gasteiger partial charge on any atom is -0.496 e. The molecule has 0 amide bonds. The molecular weight excluding hydrogens is 291 g/mol. The van der Waals surface area contributed by atoms with Crippen molar-refractivity contribution < 1.29 is 9.13 Å². The summed E-state index contributed by atoms with van der Waals surface area (Å²) in [5.41, 5.74) is 2.07. The number of nitrogens with one attached hydrogen (secondary N) is 1. The molecule has 2 rings (SSSR count). The zero-order chi connectivity index (χ0) is 15.4. The zero-order valence-corrected chi connectivity index (χ0v) is 12.5. The molecule has 0 heterocycles. The van der Waals surface area contributed by atoms with Crippen molar-refractivity contribution in [3.8, 4) is 11.8 Å². The molecule has 2 aromatic carbocycles. The molecule has 3 nitrogen and oxygen atoms in total. The number of halogens is 2. The van der Waals surface area contributed by atoms with Gasteiger partial charge in [-0.3, -0.25) is 0 Å². The lowest BCUT2D eigenvalue weighted by molar-refractivity contribution is 0.410. The molecule has 0 radical (unpaired) electrons. The van der Waals surface area contributed by atoms with Crippen LogP contribution in [0.15, 0.2) is 30.3 Å². The minimum absolute atomic E-state index is 0.270. The van der Waals surface area contributed by atoms with Crippen LogP contribution < -0.4 is 10.1 Å². The van der Waals surface area contributed by atoms with Crippen LogP contribution in [0.1, 0.15) is 16.7 Å². The summed E-state index contributed by atoms with van der Waals surface area (Å²) < 4.78 is 19.0. The molecule has 0 bridgehead atoms. The van der Waals surface area contributed by atoms with Gasteiger partial charge in [-0.25, -0.2) is 4.39 Å². The minimum atomic E-state index is -0.414. The van der Waals surface area contributed by atoms with Gasteiger partial charge in [0, 0.05) is 28.4 Å². The van der Waals surface area contributed by atoms with Crippen molar-refractivity contribution >= 4 is 17.3 Å². The standard InChI is InChI=1S/C16H14ClFN2O/c1-10-14(18)6-11(8-19)7-15(10)20-9-12-13(17)4-3-5-16(12)21-2/h3-7,20H,9H2,1-2H3. The predicted octanol–water partition coefficient (Wildman–Crippen LogP) is 4.28. The Kier molecular flexibility index (Phi) is 4.66. The molecule has 0 aromatic heterocycles. The van der Waals surface area contributed by atoms with Gasteiger partial charge < -0.3 is 10.1 Å². The molecule has 21 heavy (non-hydrogen) atoms. The van der Waals surface area contributed by atoms with Gasteiger partial charge in [-0.15, -0.1) is 0 Å². The number of nitriles is 1. The summed E-state index contributed by atoms with van der Waals surface area (Å²) in [6, 6.07) is 10.1. The molecular formula is C16H14ClFN2O. The Balaban J connectivity index is 2.29. The van der Waals surface area contributed by atoms with E-state index in [0.29, 0.717) is 28.6 Å². The average Bonchev–Trinajstić information content (AvgIpc) is 2.49. The van der Waals surface area contributed by atoms with Gasteiger partial charge >= 0.3 is 0 Å². The van der Waals surface area contributed by atoms with Gasteiger partial charge in [0.15, 0.2) is 0 Å². The van der Waals surface area contributed by atoms with Crippen LogP contribution in [0.5, 0.6) is 5.75 Å². The molecule has 0 atom stereocenters. The Morgan fingerprint density at radius 1 is 1.38 bits per heavy atom. The van der Waals surface area contributed by atoms with Crippen LogP contribution in [0.25, 0.3) is 0 Å². The molecule has 0 aliphatic heterocycles. The fourth-order valence-corrected chi connectivity index (χ4v) is 2.24. The van der Waals surface area contributed by atoms with Crippen LogP contribution >= 0.6 is 11.6 Å². The van der Waals surface area contributed by atoms with E-state index < -0.39 is 5.82 Å². The second kappa shape index (κ2) is 6.47. The van der Waals surface area contributed by atoms with Crippen molar-refractivity contribution in [1.82, 2.24) is 0 Å². The van der Waals surface area contributed by atoms with Gasteiger partial charge in [0.25, 0.3) is 0 Å². The fourth-order valence-electron chi connectivity index (χ4n) is 2.01. The number of anilines is 1. The van der Waals surface area contributed by atoms with E-state index in [4.69, 9.17) is 21.6 Å². The maximum absolute atomic E-state index is 13.7. The Morgan fingerprint density at radius 2 is 2.14 bits per heavy atom. The number of benzene rings is 2. The van der Waals surface area contributed by atoms with Gasteiger partial charge in [0.2, 0.25) is 0 Å². The fraction of sp³-hybridized carbons (Fsp3) is 0.188. The summed E-state index contributed by atoms with van der Waals surface area (Å²) in [5, 5.41) is 12.6. The van der Waals surface area contributed by atoms with Crippen molar-refractivity contribution in [3.05, 3.63) is 57.9 Å². The molecule has 108 valence electrons. The van der Waals surface area contributed by atoms with E-state index in [2.05, 4.69) is 5.32 Å². The third-order valence-electron chi connectivity index (χ3n) is 3.22. The van der Waals surface area contributed by atoms with Crippen molar-refractivity contribution in [1.29, 1.82) is 5.26 Å². The van der Waals surface area contributed by atoms with E-state index in [-0.39, 0.29) is 5.56 Å². The number of methoxy groups -OCH3 is 1. The molecule has 0 aliphatic carbocycles. The summed E-state index contributed by atoms with van der Waals surface area (Å²) >= 11 is 6.16. The zero-order valence-electron chi connectivity index (χ0n) is 11.7. The SMILES string of the molecule is COc1cccc(Cl)c1CNc1cc(C#N)cc(F)c1C. The highest BCUT2D eigenvalue weighted by atomic mass is 35.5. The van der Waals surface area contributed by atoms with E-state index in [9.17, 15) is 4.39 Å². The first kappa shape index (κ1) is 15.1. The molecule has 5 heteroatoms. The highest BCUT2D eigenvalue weighted by molar-refractivity contribution is 6.31. The number of rotatable bonds is 4. The Bertz CT molecular complexity index is 710. The topological polar surface area (TPSA) is 45.0 Å². The van der Waals surface area contributed by atoms with Crippen LogP contribution in [-0.2, 0) is 6.54 Å². The molecule has 0 aliphatic rings. The molecule has 0 saturated carbocycles. The van der Waals surface area contributed by atoms with Crippen LogP contribution in [-0.4, -0.2) is 7.11 Å². The largest absolute Gasteiger partial charge is 0.496 e. The van der Waals surface area contributed by atoms with Crippen LogP contribution in [0.2, 0.25) is 5.02 Å². The molecule has 0 spiro atoms. The van der Waals surface area contributed by atoms with E-state index >= 15 is 0 Å². The number of ether oxygens (including phenoxy) is 1. The predicted molar refractivity (Wildman–Crippen MR) is 81.2 cm³/mol. The van der Waals surface area contributed by atoms with Crippen LogP contribution in [0, 0.1) is 24.1 Å². The summed E-state index contributed by atoms with van der Waals surface area (Å²) in [6.07, 6.45) is 0. The van der Waals surface area contributed by atoms with E-state index in [1.54, 1.807) is 32.2 Å². The second-order valence-corrected chi connectivity index (χ2v) is 4.92. The first-order valence-corrected chi connectivity index (χ1v) is 6.70. The third kappa shape index (κ3) is 3.26. The van der Waals surface area contributed by atoms with Gasteiger partial charge in [-0.2, -0.15) is 5.26 Å². The maximum Gasteiger partial charge on any atom is 0.129 e. The Morgan fingerprint density at radius 3 is 2.81 bits per heavy atom. The number of hydrogen-bond acceptors (Lipinski definition) is 3. The lowest BCUT2D eigenvalue weighted by Gasteiger charge is -2.14. The maximum atomic E-state index is 13.7. The summed E-state index contributed by atoms with van der Waals surface area (Å²) in [6.45, 7) is 2.03. The van der Waals surface area contributed by atoms with E-state index in [1.165, 1.54) is 6.07 Å². The quantitative estimate of drug-likeness (QED) is 0.917. The van der Waals surface area contributed by atoms with Gasteiger partial charge in [-0.1, -0.05) is 17.7 Å². The Labute approximate surface area is 127 Å². The Hall–Kier alpha value is -2.25. The second-order valence-electron chi connectivity index (χ2n) is 4.52. The molecule has 0 fully saturated rings. The van der Waals surface area contributed by atoms with Crippen LogP contribution in [0.3, 0.4) is 0 Å². The van der Waals surface area contributed by atoms with Gasteiger partial charge in [-0.05, 0) is 31.2 Å². The normalized spacial score (nSPS) is 10.0.